The summed E-state index contributed by atoms with van der Waals surface area (Å²) in [6, 6.07) is 1.99. The Bertz CT molecular complexity index is 270. The number of thioether (sulfide) groups is 1. The monoisotopic (exact) mass is 243 g/mol. The summed E-state index contributed by atoms with van der Waals surface area (Å²) in [5.41, 5.74) is 1.04. The molecule has 2 nitrogen and oxygen atoms in total. The van der Waals surface area contributed by atoms with Crippen LogP contribution in [0.15, 0.2) is 16.8 Å². The number of aliphatic hydroxyl groups excluding tert-OH is 1. The van der Waals surface area contributed by atoms with Gasteiger partial charge in [0, 0.05) is 6.54 Å². The maximum Gasteiger partial charge on any atom is 0.0922 e. The predicted octanol–water partition coefficient (Wildman–Crippen LogP) is 2.12. The first-order chi connectivity index (χ1) is 7.36. The lowest BCUT2D eigenvalue weighted by atomic mass is 10.1. The van der Waals surface area contributed by atoms with Crippen molar-refractivity contribution in [1.82, 2.24) is 5.32 Å². The molecule has 1 aliphatic heterocycles. The third kappa shape index (κ3) is 3.48. The van der Waals surface area contributed by atoms with E-state index < -0.39 is 0 Å². The quantitative estimate of drug-likeness (QED) is 0.831. The maximum absolute atomic E-state index is 9.82. The number of aliphatic hydroxyl groups is 1. The fourth-order valence-corrected chi connectivity index (χ4v) is 3.74. The van der Waals surface area contributed by atoms with Crippen LogP contribution in [0.3, 0.4) is 0 Å². The maximum atomic E-state index is 9.82. The standard InChI is InChI=1S/C11H17NOS2/c13-11(10-2-4-15-8-10)6-12-5-9-1-3-14-7-9/h2,4,8-9,11-13H,1,3,5-7H2. The summed E-state index contributed by atoms with van der Waals surface area (Å²) in [5, 5.41) is 17.2. The Morgan fingerprint density at radius 2 is 2.53 bits per heavy atom. The van der Waals surface area contributed by atoms with E-state index in [-0.39, 0.29) is 6.10 Å². The molecule has 1 aromatic heterocycles. The van der Waals surface area contributed by atoms with Crippen LogP contribution in [0.4, 0.5) is 0 Å². The molecule has 1 saturated heterocycles. The van der Waals surface area contributed by atoms with E-state index in [0.717, 1.165) is 18.0 Å². The van der Waals surface area contributed by atoms with Crippen LogP contribution in [-0.2, 0) is 0 Å². The number of nitrogens with one attached hydrogen (secondary N) is 1. The molecule has 2 heterocycles. The average Bonchev–Trinajstić information content (AvgIpc) is 2.90. The van der Waals surface area contributed by atoms with Crippen molar-refractivity contribution >= 4 is 23.1 Å². The minimum absolute atomic E-state index is 0.342. The molecule has 1 fully saturated rings. The van der Waals surface area contributed by atoms with E-state index in [9.17, 15) is 5.11 Å². The Morgan fingerprint density at radius 1 is 1.60 bits per heavy atom. The molecule has 0 amide bonds. The Morgan fingerprint density at radius 3 is 3.20 bits per heavy atom. The first-order valence-corrected chi connectivity index (χ1v) is 7.44. The molecule has 2 atom stereocenters. The Balaban J connectivity index is 1.65. The largest absolute Gasteiger partial charge is 0.387 e. The lowest BCUT2D eigenvalue weighted by Gasteiger charge is -2.13. The predicted molar refractivity (Wildman–Crippen MR) is 67.6 cm³/mol. The zero-order valence-electron chi connectivity index (χ0n) is 8.69. The Kier molecular flexibility index (Phi) is 4.50. The molecule has 0 spiro atoms. The van der Waals surface area contributed by atoms with Gasteiger partial charge in [-0.25, -0.2) is 0 Å². The van der Waals surface area contributed by atoms with Crippen LogP contribution in [0, 0.1) is 5.92 Å². The van der Waals surface area contributed by atoms with Crippen molar-refractivity contribution < 1.29 is 5.11 Å². The molecule has 1 aromatic rings. The second kappa shape index (κ2) is 5.89. The summed E-state index contributed by atoms with van der Waals surface area (Å²) in [6.45, 7) is 1.73. The van der Waals surface area contributed by atoms with Gasteiger partial charge in [-0.15, -0.1) is 0 Å². The third-order valence-electron chi connectivity index (χ3n) is 2.72. The molecule has 0 saturated carbocycles. The highest BCUT2D eigenvalue weighted by Gasteiger charge is 2.15. The third-order valence-corrected chi connectivity index (χ3v) is 4.66. The van der Waals surface area contributed by atoms with Gasteiger partial charge >= 0.3 is 0 Å². The number of rotatable bonds is 5. The van der Waals surface area contributed by atoms with E-state index in [1.165, 1.54) is 17.9 Å². The van der Waals surface area contributed by atoms with Crippen LogP contribution in [0.2, 0.25) is 0 Å². The van der Waals surface area contributed by atoms with E-state index in [1.807, 2.05) is 28.6 Å². The van der Waals surface area contributed by atoms with Crippen LogP contribution < -0.4 is 5.32 Å². The minimum Gasteiger partial charge on any atom is -0.387 e. The summed E-state index contributed by atoms with van der Waals surface area (Å²) in [7, 11) is 0. The normalized spacial score (nSPS) is 23.1. The number of hydrogen-bond donors (Lipinski definition) is 2. The molecule has 2 unspecified atom stereocenters. The highest BCUT2D eigenvalue weighted by molar-refractivity contribution is 7.99. The van der Waals surface area contributed by atoms with Crippen LogP contribution in [0.5, 0.6) is 0 Å². The van der Waals surface area contributed by atoms with E-state index in [4.69, 9.17) is 0 Å². The van der Waals surface area contributed by atoms with Crippen molar-refractivity contribution in [2.75, 3.05) is 24.6 Å². The number of thiophene rings is 1. The van der Waals surface area contributed by atoms with Crippen molar-refractivity contribution in [3.63, 3.8) is 0 Å². The molecule has 1 aliphatic rings. The van der Waals surface area contributed by atoms with Gasteiger partial charge in [0.2, 0.25) is 0 Å². The van der Waals surface area contributed by atoms with Gasteiger partial charge in [0.1, 0.15) is 0 Å². The highest BCUT2D eigenvalue weighted by Crippen LogP contribution is 2.22. The van der Waals surface area contributed by atoms with E-state index in [0.29, 0.717) is 6.54 Å². The lowest BCUT2D eigenvalue weighted by molar-refractivity contribution is 0.173. The van der Waals surface area contributed by atoms with E-state index >= 15 is 0 Å². The van der Waals surface area contributed by atoms with Crippen LogP contribution in [-0.4, -0.2) is 29.7 Å². The van der Waals surface area contributed by atoms with Crippen molar-refractivity contribution in [2.45, 2.75) is 12.5 Å². The van der Waals surface area contributed by atoms with E-state index in [1.54, 1.807) is 11.3 Å². The van der Waals surface area contributed by atoms with Crippen LogP contribution in [0.1, 0.15) is 18.1 Å². The van der Waals surface area contributed by atoms with E-state index in [2.05, 4.69) is 5.32 Å². The topological polar surface area (TPSA) is 32.3 Å². The molecular weight excluding hydrogens is 226 g/mol. The molecule has 84 valence electrons. The molecular formula is C11H17NOS2. The molecule has 4 heteroatoms. The number of hydrogen-bond acceptors (Lipinski definition) is 4. The van der Waals surface area contributed by atoms with Gasteiger partial charge in [0.25, 0.3) is 0 Å². The van der Waals surface area contributed by atoms with Gasteiger partial charge in [-0.2, -0.15) is 23.1 Å². The second-order valence-corrected chi connectivity index (χ2v) is 5.89. The molecule has 2 rings (SSSR count). The summed E-state index contributed by atoms with van der Waals surface area (Å²) in [6.07, 6.45) is 0.983. The van der Waals surface area contributed by atoms with Crippen molar-refractivity contribution in [2.24, 2.45) is 5.92 Å². The molecule has 2 N–H and O–H groups in total. The average molecular weight is 243 g/mol. The summed E-state index contributed by atoms with van der Waals surface area (Å²) >= 11 is 3.67. The van der Waals surface area contributed by atoms with Gasteiger partial charge in [0.05, 0.1) is 6.10 Å². The Hall–Kier alpha value is -0.0300. The molecule has 0 bridgehead atoms. The second-order valence-electron chi connectivity index (χ2n) is 3.96. The molecule has 0 aromatic carbocycles. The smallest absolute Gasteiger partial charge is 0.0922 e. The fraction of sp³-hybridized carbons (Fsp3) is 0.636. The molecule has 0 aliphatic carbocycles. The zero-order valence-corrected chi connectivity index (χ0v) is 10.3. The van der Waals surface area contributed by atoms with Gasteiger partial charge in [-0.05, 0) is 52.8 Å². The van der Waals surface area contributed by atoms with Gasteiger partial charge in [0.15, 0.2) is 0 Å². The van der Waals surface area contributed by atoms with Crippen molar-refractivity contribution in [3.05, 3.63) is 22.4 Å². The van der Waals surface area contributed by atoms with Gasteiger partial charge in [-0.1, -0.05) is 0 Å². The van der Waals surface area contributed by atoms with Gasteiger partial charge < -0.3 is 10.4 Å². The SMILES string of the molecule is OC(CNCC1CCSC1)c1ccsc1. The summed E-state index contributed by atoms with van der Waals surface area (Å²) in [4.78, 5) is 0. The fourth-order valence-electron chi connectivity index (χ4n) is 1.75. The molecule has 0 radical (unpaired) electrons. The van der Waals surface area contributed by atoms with Crippen molar-refractivity contribution in [3.8, 4) is 0 Å². The van der Waals surface area contributed by atoms with Crippen LogP contribution in [0.25, 0.3) is 0 Å². The first kappa shape index (κ1) is 11.5. The lowest BCUT2D eigenvalue weighted by Crippen LogP contribution is -2.27. The summed E-state index contributed by atoms with van der Waals surface area (Å²) in [5.74, 6) is 3.39. The van der Waals surface area contributed by atoms with Crippen LogP contribution >= 0.6 is 23.1 Å². The van der Waals surface area contributed by atoms with Gasteiger partial charge in [-0.3, -0.25) is 0 Å². The summed E-state index contributed by atoms with van der Waals surface area (Å²) < 4.78 is 0. The first-order valence-electron chi connectivity index (χ1n) is 5.35. The Labute approximate surface area is 99.1 Å². The minimum atomic E-state index is -0.342. The van der Waals surface area contributed by atoms with Crippen molar-refractivity contribution in [1.29, 1.82) is 0 Å². The zero-order chi connectivity index (χ0) is 10.5. The highest BCUT2D eigenvalue weighted by atomic mass is 32.2. The molecule has 15 heavy (non-hydrogen) atoms.